The lowest BCUT2D eigenvalue weighted by molar-refractivity contribution is -0.125. The van der Waals surface area contributed by atoms with Gasteiger partial charge in [0.15, 0.2) is 6.10 Å². The molecule has 0 aromatic heterocycles. The van der Waals surface area contributed by atoms with E-state index in [1.807, 2.05) is 19.9 Å². The molecule has 0 saturated heterocycles. The van der Waals surface area contributed by atoms with Crippen molar-refractivity contribution in [3.8, 4) is 28.7 Å². The van der Waals surface area contributed by atoms with Crippen LogP contribution in [-0.4, -0.2) is 52.6 Å². The van der Waals surface area contributed by atoms with Crippen molar-refractivity contribution in [1.82, 2.24) is 0 Å². The van der Waals surface area contributed by atoms with Crippen molar-refractivity contribution in [2.24, 2.45) is 0 Å². The van der Waals surface area contributed by atoms with Crippen LogP contribution in [0.1, 0.15) is 60.8 Å². The quantitative estimate of drug-likeness (QED) is 0.597. The van der Waals surface area contributed by atoms with Crippen LogP contribution < -0.4 is 14.2 Å². The number of phenolic OH excluding ortho intramolecular Hbond substituents is 2. The molecule has 0 bridgehead atoms. The Morgan fingerprint density at radius 1 is 1.06 bits per heavy atom. The molecular formula is C26H28O9. The second-order valence-corrected chi connectivity index (χ2v) is 10.0. The summed E-state index contributed by atoms with van der Waals surface area (Å²) in [4.78, 5) is 14.0. The Balaban J connectivity index is 1.80. The molecule has 0 spiro atoms. The molecule has 3 aliphatic heterocycles. The standard InChI is InChI=1S/C26H28O9/c1-24(2)10-9-13-18(34-24)16-20(33-23(21(16)31-5)25(3,4)30)17-19(13)35-26(32-6,22(17)29)14-8-7-12(27)11-15(14)28/h7-11,21,23,27-28,30H,1-6H3. The van der Waals surface area contributed by atoms with Crippen molar-refractivity contribution in [3.63, 3.8) is 0 Å². The Hall–Kier alpha value is -3.27. The van der Waals surface area contributed by atoms with Gasteiger partial charge in [-0.05, 0) is 52.0 Å². The summed E-state index contributed by atoms with van der Waals surface area (Å²) in [7, 11) is 2.79. The summed E-state index contributed by atoms with van der Waals surface area (Å²) in [6.45, 7) is 6.96. The molecule has 0 fully saturated rings. The normalized spacial score (nSPS) is 25.9. The maximum absolute atomic E-state index is 14.0. The predicted molar refractivity (Wildman–Crippen MR) is 124 cm³/mol. The van der Waals surface area contributed by atoms with E-state index >= 15 is 0 Å². The highest BCUT2D eigenvalue weighted by molar-refractivity contribution is 6.11. The number of rotatable bonds is 4. The zero-order valence-corrected chi connectivity index (χ0v) is 20.3. The number of ketones is 1. The first kappa shape index (κ1) is 23.5. The van der Waals surface area contributed by atoms with Gasteiger partial charge in [-0.15, -0.1) is 0 Å². The number of Topliss-reactive ketones (excluding diaryl/α,β-unsaturated/α-hetero) is 1. The first-order valence-corrected chi connectivity index (χ1v) is 11.2. The fourth-order valence-corrected chi connectivity index (χ4v) is 4.93. The third-order valence-electron chi connectivity index (χ3n) is 6.60. The molecule has 0 saturated carbocycles. The lowest BCUT2D eigenvalue weighted by Crippen LogP contribution is -2.42. The summed E-state index contributed by atoms with van der Waals surface area (Å²) < 4.78 is 30.1. The number of hydrogen-bond donors (Lipinski definition) is 3. The lowest BCUT2D eigenvalue weighted by Gasteiger charge is -2.32. The summed E-state index contributed by atoms with van der Waals surface area (Å²) >= 11 is 0. The van der Waals surface area contributed by atoms with Crippen LogP contribution in [0.15, 0.2) is 24.3 Å². The molecule has 0 amide bonds. The molecule has 35 heavy (non-hydrogen) atoms. The molecule has 3 heterocycles. The van der Waals surface area contributed by atoms with E-state index in [-0.39, 0.29) is 34.1 Å². The topological polar surface area (TPSA) is 124 Å². The number of benzene rings is 2. The Kier molecular flexibility index (Phi) is 4.94. The minimum Gasteiger partial charge on any atom is -0.508 e. The number of carbonyl (C=O) groups is 1. The van der Waals surface area contributed by atoms with Crippen LogP contribution in [-0.2, 0) is 15.3 Å². The number of hydrogen-bond acceptors (Lipinski definition) is 9. The van der Waals surface area contributed by atoms with Crippen molar-refractivity contribution in [2.75, 3.05) is 14.2 Å². The Bertz CT molecular complexity index is 1270. The zero-order valence-electron chi connectivity index (χ0n) is 20.3. The average Bonchev–Trinajstić information content (AvgIpc) is 3.29. The smallest absolute Gasteiger partial charge is 0.306 e. The minimum absolute atomic E-state index is 0.0165. The van der Waals surface area contributed by atoms with E-state index in [1.54, 1.807) is 19.9 Å². The van der Waals surface area contributed by atoms with Gasteiger partial charge < -0.3 is 39.0 Å². The van der Waals surface area contributed by atoms with Crippen molar-refractivity contribution >= 4 is 11.9 Å². The summed E-state index contributed by atoms with van der Waals surface area (Å²) in [5, 5.41) is 31.2. The highest BCUT2D eigenvalue weighted by Crippen LogP contribution is 2.60. The molecule has 3 atom stereocenters. The molecule has 9 nitrogen and oxygen atoms in total. The summed E-state index contributed by atoms with van der Waals surface area (Å²) in [5.41, 5.74) is -0.903. The fraction of sp³-hybridized carbons (Fsp3) is 0.423. The second kappa shape index (κ2) is 7.36. The van der Waals surface area contributed by atoms with Crippen molar-refractivity contribution in [3.05, 3.63) is 46.5 Å². The number of carbonyl (C=O) groups excluding carboxylic acids is 1. The molecule has 5 rings (SSSR count). The maximum atomic E-state index is 14.0. The van der Waals surface area contributed by atoms with Gasteiger partial charge in [0.05, 0.1) is 22.3 Å². The molecule has 186 valence electrons. The van der Waals surface area contributed by atoms with E-state index < -0.39 is 35.0 Å². The fourth-order valence-electron chi connectivity index (χ4n) is 4.93. The second-order valence-electron chi connectivity index (χ2n) is 10.0. The molecule has 0 radical (unpaired) electrons. The highest BCUT2D eigenvalue weighted by Gasteiger charge is 2.58. The number of aliphatic hydroxyl groups is 1. The van der Waals surface area contributed by atoms with Gasteiger partial charge in [0.1, 0.15) is 46.0 Å². The maximum Gasteiger partial charge on any atom is 0.306 e. The lowest BCUT2D eigenvalue weighted by atomic mass is 9.88. The molecule has 3 aliphatic rings. The first-order chi connectivity index (χ1) is 16.3. The van der Waals surface area contributed by atoms with Gasteiger partial charge in [0.2, 0.25) is 5.78 Å². The Morgan fingerprint density at radius 3 is 2.37 bits per heavy atom. The van der Waals surface area contributed by atoms with E-state index in [4.69, 9.17) is 23.7 Å². The largest absolute Gasteiger partial charge is 0.508 e. The predicted octanol–water partition coefficient (Wildman–Crippen LogP) is 3.58. The average molecular weight is 485 g/mol. The van der Waals surface area contributed by atoms with Gasteiger partial charge in [-0.2, -0.15) is 0 Å². The molecule has 2 aromatic rings. The SMILES string of the molecule is COC1c2c3c(c4c(c2OC1C(C)(C)O)C(=O)C(OC)(c1ccc(O)cc1O)O4)C=CC(C)(C)O3. The number of methoxy groups -OCH3 is 2. The molecule has 2 aromatic carbocycles. The number of fused-ring (bicyclic) bond motifs is 6. The Morgan fingerprint density at radius 2 is 1.77 bits per heavy atom. The molecule has 9 heteroatoms. The Labute approximate surface area is 202 Å². The van der Waals surface area contributed by atoms with Crippen molar-refractivity contribution in [2.45, 2.75) is 56.9 Å². The third kappa shape index (κ3) is 3.22. The molecule has 3 N–H and O–H groups in total. The zero-order chi connectivity index (χ0) is 25.5. The van der Waals surface area contributed by atoms with Gasteiger partial charge in [-0.25, -0.2) is 0 Å². The van der Waals surface area contributed by atoms with E-state index in [0.29, 0.717) is 16.9 Å². The van der Waals surface area contributed by atoms with Gasteiger partial charge >= 0.3 is 5.79 Å². The van der Waals surface area contributed by atoms with E-state index in [1.165, 1.54) is 26.4 Å². The van der Waals surface area contributed by atoms with Crippen LogP contribution in [0.2, 0.25) is 0 Å². The van der Waals surface area contributed by atoms with Crippen LogP contribution in [0.4, 0.5) is 0 Å². The van der Waals surface area contributed by atoms with E-state index in [0.717, 1.165) is 6.07 Å². The first-order valence-electron chi connectivity index (χ1n) is 11.2. The van der Waals surface area contributed by atoms with E-state index in [2.05, 4.69) is 0 Å². The van der Waals surface area contributed by atoms with Crippen LogP contribution in [0, 0.1) is 0 Å². The monoisotopic (exact) mass is 484 g/mol. The van der Waals surface area contributed by atoms with Gasteiger partial charge in [-0.3, -0.25) is 4.79 Å². The van der Waals surface area contributed by atoms with Crippen LogP contribution in [0.3, 0.4) is 0 Å². The number of aromatic hydroxyl groups is 2. The van der Waals surface area contributed by atoms with Gasteiger partial charge in [0, 0.05) is 20.3 Å². The number of ether oxygens (including phenoxy) is 5. The summed E-state index contributed by atoms with van der Waals surface area (Å²) in [6.07, 6.45) is 2.06. The number of phenols is 2. The molecular weight excluding hydrogens is 456 g/mol. The summed E-state index contributed by atoms with van der Waals surface area (Å²) in [5.74, 6) is -2.46. The van der Waals surface area contributed by atoms with Crippen LogP contribution in [0.25, 0.3) is 6.08 Å². The summed E-state index contributed by atoms with van der Waals surface area (Å²) in [6, 6.07) is 3.78. The van der Waals surface area contributed by atoms with Crippen molar-refractivity contribution < 1.29 is 43.8 Å². The van der Waals surface area contributed by atoms with Crippen LogP contribution >= 0.6 is 0 Å². The van der Waals surface area contributed by atoms with Crippen molar-refractivity contribution in [1.29, 1.82) is 0 Å². The third-order valence-corrected chi connectivity index (χ3v) is 6.60. The molecule has 3 unspecified atom stereocenters. The molecule has 0 aliphatic carbocycles. The minimum atomic E-state index is -2.04. The highest BCUT2D eigenvalue weighted by atomic mass is 16.7. The van der Waals surface area contributed by atoms with E-state index in [9.17, 15) is 20.1 Å². The van der Waals surface area contributed by atoms with Gasteiger partial charge in [-0.1, -0.05) is 0 Å². The van der Waals surface area contributed by atoms with Crippen LogP contribution in [0.5, 0.6) is 28.7 Å². The van der Waals surface area contributed by atoms with Gasteiger partial charge in [0.25, 0.3) is 0 Å².